The van der Waals surface area contributed by atoms with Crippen molar-refractivity contribution in [2.24, 2.45) is 0 Å². The van der Waals surface area contributed by atoms with Crippen LogP contribution in [0.5, 0.6) is 5.75 Å². The lowest BCUT2D eigenvalue weighted by Gasteiger charge is -2.27. The van der Waals surface area contributed by atoms with Crippen LogP contribution < -0.4 is 10.1 Å². The first-order valence-electron chi connectivity index (χ1n) is 11.1. The van der Waals surface area contributed by atoms with Crippen LogP contribution in [-0.2, 0) is 4.74 Å². The summed E-state index contributed by atoms with van der Waals surface area (Å²) < 4.78 is 11.1. The Labute approximate surface area is 198 Å². The van der Waals surface area contributed by atoms with Gasteiger partial charge in [-0.3, -0.25) is 9.59 Å². The summed E-state index contributed by atoms with van der Waals surface area (Å²) in [6.45, 7) is 7.98. The number of carbonyl (C=O) groups excluding carboxylic acids is 2. The smallest absolute Gasteiger partial charge is 0.257 e. The Morgan fingerprint density at radius 1 is 1.03 bits per heavy atom. The molecular weight excluding hydrogens is 436 g/mol. The molecule has 3 aromatic rings. The quantitative estimate of drug-likeness (QED) is 0.542. The highest BCUT2D eigenvalue weighted by Crippen LogP contribution is 2.40. The highest BCUT2D eigenvalue weighted by atomic mass is 32.1. The van der Waals surface area contributed by atoms with E-state index >= 15 is 0 Å². The summed E-state index contributed by atoms with van der Waals surface area (Å²) in [7, 11) is 0. The Morgan fingerprint density at radius 3 is 2.33 bits per heavy atom. The van der Waals surface area contributed by atoms with E-state index < -0.39 is 0 Å². The number of hydrogen-bond donors (Lipinski definition) is 1. The Kier molecular flexibility index (Phi) is 7.11. The zero-order valence-electron chi connectivity index (χ0n) is 19.1. The Bertz CT molecular complexity index is 1120. The highest BCUT2D eigenvalue weighted by molar-refractivity contribution is 7.20. The van der Waals surface area contributed by atoms with Crippen molar-refractivity contribution in [3.63, 3.8) is 0 Å². The third-order valence-corrected chi connectivity index (χ3v) is 6.67. The fourth-order valence-electron chi connectivity index (χ4n) is 3.78. The molecule has 172 valence electrons. The molecule has 0 unspecified atom stereocenters. The average Bonchev–Trinajstić information content (AvgIpc) is 3.15. The topological polar surface area (TPSA) is 67.9 Å². The number of anilines is 1. The van der Waals surface area contributed by atoms with Gasteiger partial charge >= 0.3 is 0 Å². The second kappa shape index (κ2) is 10.2. The Morgan fingerprint density at radius 2 is 1.70 bits per heavy atom. The van der Waals surface area contributed by atoms with Crippen molar-refractivity contribution in [1.29, 1.82) is 0 Å². The van der Waals surface area contributed by atoms with Crippen LogP contribution in [0.4, 0.5) is 5.00 Å². The first-order valence-corrected chi connectivity index (χ1v) is 11.9. The van der Waals surface area contributed by atoms with Crippen LogP contribution in [0.3, 0.4) is 0 Å². The summed E-state index contributed by atoms with van der Waals surface area (Å²) in [5, 5.41) is 3.56. The van der Waals surface area contributed by atoms with Gasteiger partial charge in [-0.1, -0.05) is 30.3 Å². The number of rotatable bonds is 6. The van der Waals surface area contributed by atoms with Crippen LogP contribution in [0.15, 0.2) is 54.6 Å². The van der Waals surface area contributed by atoms with Gasteiger partial charge in [0.25, 0.3) is 11.8 Å². The molecule has 1 aliphatic heterocycles. The van der Waals surface area contributed by atoms with Crippen molar-refractivity contribution in [1.82, 2.24) is 4.90 Å². The molecule has 1 fully saturated rings. The molecule has 2 amide bonds. The van der Waals surface area contributed by atoms with E-state index in [1.54, 1.807) is 29.2 Å². The molecular formula is C26H28N2O4S. The number of hydrogen-bond acceptors (Lipinski definition) is 5. The highest BCUT2D eigenvalue weighted by Gasteiger charge is 2.28. The molecule has 2 heterocycles. The third kappa shape index (κ3) is 5.26. The number of morpholine rings is 1. The first-order chi connectivity index (χ1) is 15.9. The Hall–Kier alpha value is -3.16. The molecule has 1 aliphatic rings. The minimum Gasteiger partial charge on any atom is -0.491 e. The van der Waals surface area contributed by atoms with Gasteiger partial charge in [0.15, 0.2) is 0 Å². The maximum Gasteiger partial charge on any atom is 0.257 e. The molecule has 0 atom stereocenters. The summed E-state index contributed by atoms with van der Waals surface area (Å²) in [6.07, 6.45) is 0.0592. The molecule has 7 heteroatoms. The maximum atomic E-state index is 13.5. The number of nitrogens with zero attached hydrogens (tertiary/aromatic N) is 1. The number of carbonyl (C=O) groups is 2. The van der Waals surface area contributed by atoms with Gasteiger partial charge in [-0.05, 0) is 56.2 Å². The van der Waals surface area contributed by atoms with Gasteiger partial charge in [-0.25, -0.2) is 0 Å². The van der Waals surface area contributed by atoms with Gasteiger partial charge in [0.1, 0.15) is 10.8 Å². The van der Waals surface area contributed by atoms with Crippen LogP contribution >= 0.6 is 11.3 Å². The molecule has 0 aliphatic carbocycles. The molecule has 1 N–H and O–H groups in total. The zero-order chi connectivity index (χ0) is 23.4. The summed E-state index contributed by atoms with van der Waals surface area (Å²) in [4.78, 5) is 29.3. The van der Waals surface area contributed by atoms with Gasteiger partial charge in [0.2, 0.25) is 0 Å². The lowest BCUT2D eigenvalue weighted by Crippen LogP contribution is -2.41. The molecule has 6 nitrogen and oxygen atoms in total. The minimum absolute atomic E-state index is 0.0592. The number of amides is 2. The fraction of sp³-hybridized carbons (Fsp3) is 0.308. The molecule has 1 saturated heterocycles. The van der Waals surface area contributed by atoms with Gasteiger partial charge in [0, 0.05) is 23.5 Å². The van der Waals surface area contributed by atoms with E-state index in [4.69, 9.17) is 9.47 Å². The monoisotopic (exact) mass is 464 g/mol. The second-order valence-corrected chi connectivity index (χ2v) is 9.20. The van der Waals surface area contributed by atoms with E-state index in [1.165, 1.54) is 11.3 Å². The van der Waals surface area contributed by atoms with Crippen LogP contribution in [-0.4, -0.2) is 49.1 Å². The van der Waals surface area contributed by atoms with E-state index in [2.05, 4.69) is 5.32 Å². The predicted molar refractivity (Wildman–Crippen MR) is 131 cm³/mol. The SMILES string of the molecule is Cc1c(-c2ccccc2)sc(NC(=O)c2ccc(OC(C)C)cc2)c1C(=O)N1CCOCC1. The summed E-state index contributed by atoms with van der Waals surface area (Å²) in [6, 6.07) is 17.0. The summed E-state index contributed by atoms with van der Waals surface area (Å²) in [5.41, 5.74) is 2.95. The maximum absolute atomic E-state index is 13.5. The number of nitrogens with one attached hydrogen (secondary N) is 1. The normalized spacial score (nSPS) is 13.8. The van der Waals surface area contributed by atoms with Crippen molar-refractivity contribution in [3.8, 4) is 16.2 Å². The van der Waals surface area contributed by atoms with Crippen molar-refractivity contribution in [2.45, 2.75) is 26.9 Å². The molecule has 0 radical (unpaired) electrons. The molecule has 1 aromatic heterocycles. The van der Waals surface area contributed by atoms with Crippen LogP contribution in [0.25, 0.3) is 10.4 Å². The van der Waals surface area contributed by atoms with Crippen LogP contribution in [0, 0.1) is 6.92 Å². The lowest BCUT2D eigenvalue weighted by atomic mass is 10.1. The van der Waals surface area contributed by atoms with Crippen molar-refractivity contribution in [2.75, 3.05) is 31.6 Å². The van der Waals surface area contributed by atoms with E-state index in [0.29, 0.717) is 48.2 Å². The van der Waals surface area contributed by atoms with Gasteiger partial charge in [-0.2, -0.15) is 0 Å². The zero-order valence-corrected chi connectivity index (χ0v) is 19.9. The second-order valence-electron chi connectivity index (χ2n) is 8.18. The average molecular weight is 465 g/mol. The minimum atomic E-state index is -0.261. The molecule has 2 aromatic carbocycles. The van der Waals surface area contributed by atoms with Crippen molar-refractivity contribution in [3.05, 3.63) is 71.3 Å². The van der Waals surface area contributed by atoms with Gasteiger partial charge in [-0.15, -0.1) is 11.3 Å². The summed E-state index contributed by atoms with van der Waals surface area (Å²) >= 11 is 1.43. The number of thiophene rings is 1. The predicted octanol–water partition coefficient (Wildman–Crippen LogP) is 5.24. The van der Waals surface area contributed by atoms with E-state index in [1.807, 2.05) is 51.1 Å². The number of ether oxygens (including phenoxy) is 2. The molecule has 4 rings (SSSR count). The molecule has 33 heavy (non-hydrogen) atoms. The van der Waals surface area contributed by atoms with E-state index in [-0.39, 0.29) is 17.9 Å². The van der Waals surface area contributed by atoms with Gasteiger partial charge in [0.05, 0.1) is 24.9 Å². The van der Waals surface area contributed by atoms with E-state index in [9.17, 15) is 9.59 Å². The largest absolute Gasteiger partial charge is 0.491 e. The summed E-state index contributed by atoms with van der Waals surface area (Å²) in [5.74, 6) is 0.372. The lowest BCUT2D eigenvalue weighted by molar-refractivity contribution is 0.0303. The number of benzene rings is 2. The third-order valence-electron chi connectivity index (χ3n) is 5.41. The van der Waals surface area contributed by atoms with E-state index in [0.717, 1.165) is 16.0 Å². The Balaban J connectivity index is 1.65. The fourth-order valence-corrected chi connectivity index (χ4v) is 4.98. The molecule has 0 spiro atoms. The first kappa shape index (κ1) is 23.0. The molecule has 0 saturated carbocycles. The van der Waals surface area contributed by atoms with Crippen LogP contribution in [0.1, 0.15) is 40.1 Å². The van der Waals surface area contributed by atoms with Crippen molar-refractivity contribution < 1.29 is 19.1 Å². The van der Waals surface area contributed by atoms with Crippen LogP contribution in [0.2, 0.25) is 0 Å². The molecule has 0 bridgehead atoms. The van der Waals surface area contributed by atoms with Crippen molar-refractivity contribution >= 4 is 28.2 Å². The van der Waals surface area contributed by atoms with Gasteiger partial charge < -0.3 is 19.7 Å². The standard InChI is InChI=1S/C26H28N2O4S/c1-17(2)32-21-11-9-20(10-12-21)24(29)27-25-22(26(30)28-13-15-31-16-14-28)18(3)23(33-25)19-7-5-4-6-8-19/h4-12,17H,13-16H2,1-3H3,(H,27,29).